The molecule has 0 radical (unpaired) electrons. The second-order valence-electron chi connectivity index (χ2n) is 8.32. The summed E-state index contributed by atoms with van der Waals surface area (Å²) >= 11 is 12.2. The van der Waals surface area contributed by atoms with E-state index in [2.05, 4.69) is 5.32 Å². The number of hydrogen-bond donors (Lipinski definition) is 2. The number of nitrogens with one attached hydrogen (secondary N) is 2. The molecular weight excluding hydrogens is 485 g/mol. The maximum Gasteiger partial charge on any atom is 0.256 e. The van der Waals surface area contributed by atoms with Gasteiger partial charge in [-0.25, -0.2) is 0 Å². The van der Waals surface area contributed by atoms with Crippen molar-refractivity contribution in [3.8, 4) is 5.75 Å². The number of benzene rings is 3. The fraction of sp³-hybridized carbons (Fsp3) is 0.222. The zero-order valence-electron chi connectivity index (χ0n) is 19.2. The van der Waals surface area contributed by atoms with E-state index in [0.717, 1.165) is 31.5 Å². The van der Waals surface area contributed by atoms with Crippen LogP contribution in [0.4, 0.5) is 5.69 Å². The Kier molecular flexibility index (Phi) is 7.73. The maximum absolute atomic E-state index is 13.2. The molecule has 1 saturated heterocycles. The molecule has 0 aliphatic carbocycles. The number of anilines is 1. The van der Waals surface area contributed by atoms with Crippen LogP contribution in [-0.2, 0) is 6.42 Å². The summed E-state index contributed by atoms with van der Waals surface area (Å²) in [5.74, 6) is 0.248. The minimum absolute atomic E-state index is 0.0490. The molecule has 8 heteroatoms. The first-order chi connectivity index (χ1) is 16.9. The average molecular weight is 510 g/mol. The van der Waals surface area contributed by atoms with Crippen molar-refractivity contribution >= 4 is 46.4 Å². The number of ketones is 1. The third kappa shape index (κ3) is 5.84. The Labute approximate surface area is 214 Å². The number of nitrogens with zero attached hydrogens (tertiary/aromatic N) is 1. The first-order valence-corrected chi connectivity index (χ1v) is 12.0. The van der Waals surface area contributed by atoms with Crippen LogP contribution in [0.5, 0.6) is 5.75 Å². The lowest BCUT2D eigenvalue weighted by molar-refractivity contribution is 0.0991. The van der Waals surface area contributed by atoms with Crippen LogP contribution in [0.1, 0.15) is 44.7 Å². The smallest absolute Gasteiger partial charge is 0.256 e. The van der Waals surface area contributed by atoms with Crippen LogP contribution < -0.4 is 10.1 Å². The summed E-state index contributed by atoms with van der Waals surface area (Å²) in [5, 5.41) is 12.1. The van der Waals surface area contributed by atoms with Crippen molar-refractivity contribution in [1.29, 1.82) is 5.41 Å². The summed E-state index contributed by atoms with van der Waals surface area (Å²) in [6.45, 7) is 1.77. The number of carbonyl (C=O) groups excluding carboxylic acids is 2. The largest absolute Gasteiger partial charge is 0.496 e. The molecule has 1 aliphatic rings. The molecule has 0 atom stereocenters. The number of methoxy groups -OCH3 is 1. The van der Waals surface area contributed by atoms with Gasteiger partial charge >= 0.3 is 0 Å². The van der Waals surface area contributed by atoms with E-state index in [4.69, 9.17) is 33.3 Å². The fourth-order valence-electron chi connectivity index (χ4n) is 4.11. The van der Waals surface area contributed by atoms with Gasteiger partial charge in [-0.3, -0.25) is 15.0 Å². The Hall–Kier alpha value is -3.35. The van der Waals surface area contributed by atoms with Crippen molar-refractivity contribution in [2.45, 2.75) is 19.3 Å². The van der Waals surface area contributed by atoms with Gasteiger partial charge in [-0.15, -0.1) is 0 Å². The van der Waals surface area contributed by atoms with Gasteiger partial charge in [0.05, 0.1) is 7.11 Å². The molecule has 3 aromatic carbocycles. The molecule has 0 aromatic heterocycles. The van der Waals surface area contributed by atoms with E-state index >= 15 is 0 Å². The topological polar surface area (TPSA) is 82.5 Å². The summed E-state index contributed by atoms with van der Waals surface area (Å²) < 4.78 is 5.46. The summed E-state index contributed by atoms with van der Waals surface area (Å²) in [6.07, 6.45) is 2.14. The highest BCUT2D eigenvalue weighted by Gasteiger charge is 2.22. The predicted octanol–water partition coefficient (Wildman–Crippen LogP) is 6.10. The monoisotopic (exact) mass is 509 g/mol. The van der Waals surface area contributed by atoms with Gasteiger partial charge in [0.2, 0.25) is 0 Å². The average Bonchev–Trinajstić information content (AvgIpc) is 3.41. The van der Waals surface area contributed by atoms with Gasteiger partial charge in [0.1, 0.15) is 11.6 Å². The van der Waals surface area contributed by atoms with E-state index in [-0.39, 0.29) is 17.8 Å². The van der Waals surface area contributed by atoms with Crippen molar-refractivity contribution in [3.63, 3.8) is 0 Å². The van der Waals surface area contributed by atoms with E-state index in [0.29, 0.717) is 38.4 Å². The van der Waals surface area contributed by atoms with Gasteiger partial charge in [-0.2, -0.15) is 0 Å². The van der Waals surface area contributed by atoms with Crippen LogP contribution in [0.3, 0.4) is 0 Å². The summed E-state index contributed by atoms with van der Waals surface area (Å²) in [4.78, 5) is 28.3. The van der Waals surface area contributed by atoms with Crippen LogP contribution in [0, 0.1) is 5.41 Å². The molecule has 1 amide bonds. The van der Waals surface area contributed by atoms with Gasteiger partial charge < -0.3 is 15.0 Å². The van der Waals surface area contributed by atoms with Crippen molar-refractivity contribution in [3.05, 3.63) is 93.0 Å². The summed E-state index contributed by atoms with van der Waals surface area (Å²) in [6, 6.07) is 16.9. The number of likely N-dealkylation sites (tertiary alicyclic amines) is 1. The molecule has 0 bridgehead atoms. The Morgan fingerprint density at radius 1 is 0.943 bits per heavy atom. The highest BCUT2D eigenvalue weighted by molar-refractivity contribution is 6.31. The number of carbonyl (C=O) groups is 2. The molecule has 1 fully saturated rings. The number of amides is 1. The lowest BCUT2D eigenvalue weighted by Gasteiger charge is -2.18. The zero-order valence-corrected chi connectivity index (χ0v) is 20.7. The Morgan fingerprint density at radius 2 is 1.57 bits per heavy atom. The SMILES string of the molecule is COc1cc(Cl)cc(C(=O)Nc2ccc(Cl)cc2)c1CC(=O)c1ccc(C(=N)N2CCCC2)cc1. The van der Waals surface area contributed by atoms with Crippen LogP contribution in [0.15, 0.2) is 60.7 Å². The number of ether oxygens (including phenoxy) is 1. The Morgan fingerprint density at radius 3 is 2.20 bits per heavy atom. The summed E-state index contributed by atoms with van der Waals surface area (Å²) in [5.41, 5.74) is 2.53. The standard InChI is InChI=1S/C27H25Cl2N3O3/c1-35-25-15-20(29)14-23(27(34)31-21-10-8-19(28)9-11-21)22(25)16-24(33)17-4-6-18(7-5-17)26(30)32-12-2-3-13-32/h4-11,14-15,30H,2-3,12-13,16H2,1H3,(H,31,34). The maximum atomic E-state index is 13.2. The lowest BCUT2D eigenvalue weighted by atomic mass is 9.96. The first kappa shape index (κ1) is 24.8. The van der Waals surface area contributed by atoms with Gasteiger partial charge in [0.15, 0.2) is 5.78 Å². The number of amidine groups is 1. The van der Waals surface area contributed by atoms with E-state index in [9.17, 15) is 9.59 Å². The second-order valence-corrected chi connectivity index (χ2v) is 9.19. The number of hydrogen-bond acceptors (Lipinski definition) is 4. The van der Waals surface area contributed by atoms with Crippen LogP contribution in [0.25, 0.3) is 0 Å². The predicted molar refractivity (Wildman–Crippen MR) is 140 cm³/mol. The van der Waals surface area contributed by atoms with Gasteiger partial charge in [0, 0.05) is 57.5 Å². The molecule has 3 aromatic rings. The minimum Gasteiger partial charge on any atom is -0.496 e. The third-order valence-corrected chi connectivity index (χ3v) is 6.45. The molecule has 35 heavy (non-hydrogen) atoms. The van der Waals surface area contributed by atoms with Crippen molar-refractivity contribution in [2.75, 3.05) is 25.5 Å². The molecule has 0 saturated carbocycles. The van der Waals surface area contributed by atoms with Crippen LogP contribution in [-0.4, -0.2) is 42.6 Å². The van der Waals surface area contributed by atoms with E-state index in [1.54, 1.807) is 54.6 Å². The van der Waals surface area contributed by atoms with Gasteiger partial charge in [0.25, 0.3) is 5.91 Å². The lowest BCUT2D eigenvalue weighted by Crippen LogP contribution is -2.27. The van der Waals surface area contributed by atoms with Gasteiger partial charge in [-0.1, -0.05) is 47.5 Å². The molecule has 2 N–H and O–H groups in total. The number of halogens is 2. The Bertz CT molecular complexity index is 1250. The molecular formula is C27H25Cl2N3O3. The number of Topliss-reactive ketones (excluding diaryl/α,β-unsaturated/α-hetero) is 1. The fourth-order valence-corrected chi connectivity index (χ4v) is 4.44. The second kappa shape index (κ2) is 10.9. The van der Waals surface area contributed by atoms with E-state index in [1.165, 1.54) is 13.2 Å². The molecule has 0 unspecified atom stereocenters. The molecule has 0 spiro atoms. The quantitative estimate of drug-likeness (QED) is 0.229. The Balaban J connectivity index is 1.56. The third-order valence-electron chi connectivity index (χ3n) is 5.98. The van der Waals surface area contributed by atoms with Crippen molar-refractivity contribution in [2.24, 2.45) is 0 Å². The minimum atomic E-state index is -0.412. The first-order valence-electron chi connectivity index (χ1n) is 11.3. The molecule has 1 heterocycles. The zero-order chi connectivity index (χ0) is 24.9. The number of rotatable bonds is 7. The summed E-state index contributed by atoms with van der Waals surface area (Å²) in [7, 11) is 1.47. The highest BCUT2D eigenvalue weighted by Crippen LogP contribution is 2.30. The van der Waals surface area contributed by atoms with Crippen LogP contribution >= 0.6 is 23.2 Å². The van der Waals surface area contributed by atoms with Gasteiger partial charge in [-0.05, 0) is 49.2 Å². The molecule has 4 rings (SSSR count). The molecule has 1 aliphatic heterocycles. The van der Waals surface area contributed by atoms with E-state index < -0.39 is 5.91 Å². The van der Waals surface area contributed by atoms with E-state index in [1.807, 2.05) is 4.90 Å². The van der Waals surface area contributed by atoms with Crippen LogP contribution in [0.2, 0.25) is 10.0 Å². The van der Waals surface area contributed by atoms with Crippen molar-refractivity contribution < 1.29 is 14.3 Å². The highest BCUT2D eigenvalue weighted by atomic mass is 35.5. The molecule has 6 nitrogen and oxygen atoms in total. The molecule has 180 valence electrons. The van der Waals surface area contributed by atoms with Crippen molar-refractivity contribution in [1.82, 2.24) is 4.90 Å². The normalized spacial score (nSPS) is 12.9.